The summed E-state index contributed by atoms with van der Waals surface area (Å²) in [5.41, 5.74) is 9.66. The number of methoxy groups -OCH3 is 1. The number of hydrogen-bond donors (Lipinski definition) is 1. The number of aromatic nitrogens is 1. The van der Waals surface area contributed by atoms with Gasteiger partial charge in [-0.05, 0) is 55.8 Å². The lowest BCUT2D eigenvalue weighted by atomic mass is 10.0. The number of hydrogen-bond acceptors (Lipinski definition) is 4. The summed E-state index contributed by atoms with van der Waals surface area (Å²) in [5.74, 6) is 0.462. The largest absolute Gasteiger partial charge is 0.497 e. The number of nitrogens with zero attached hydrogens (tertiary/aromatic N) is 2. The molecule has 164 valence electrons. The summed E-state index contributed by atoms with van der Waals surface area (Å²) < 4.78 is 5.16. The van der Waals surface area contributed by atoms with E-state index in [0.29, 0.717) is 5.56 Å². The van der Waals surface area contributed by atoms with Gasteiger partial charge in [0.25, 0.3) is 5.91 Å². The normalized spacial score (nSPS) is 10.9. The van der Waals surface area contributed by atoms with Gasteiger partial charge in [0.1, 0.15) is 5.75 Å². The Labute approximate surface area is 193 Å². The van der Waals surface area contributed by atoms with Gasteiger partial charge in [-0.25, -0.2) is 10.4 Å². The van der Waals surface area contributed by atoms with Crippen molar-refractivity contribution in [2.45, 2.75) is 13.8 Å². The van der Waals surface area contributed by atoms with E-state index in [-0.39, 0.29) is 5.91 Å². The molecular weight excluding hydrogens is 410 g/mol. The summed E-state index contributed by atoms with van der Waals surface area (Å²) in [6.45, 7) is 4.08. The molecule has 0 aliphatic carbocycles. The van der Waals surface area contributed by atoms with Crippen molar-refractivity contribution < 1.29 is 9.53 Å². The molecule has 1 N–H and O–H groups in total. The molecule has 0 saturated carbocycles. The Bertz CT molecular complexity index is 1210. The van der Waals surface area contributed by atoms with Crippen LogP contribution in [0.15, 0.2) is 90.0 Å². The molecule has 5 heteroatoms. The van der Waals surface area contributed by atoms with E-state index in [1.807, 2.05) is 86.6 Å². The fourth-order valence-corrected chi connectivity index (χ4v) is 3.33. The lowest BCUT2D eigenvalue weighted by Gasteiger charge is -2.10. The highest BCUT2D eigenvalue weighted by atomic mass is 16.5. The number of benzene rings is 3. The van der Waals surface area contributed by atoms with Gasteiger partial charge in [0.05, 0.1) is 24.7 Å². The molecule has 0 spiro atoms. The van der Waals surface area contributed by atoms with Gasteiger partial charge in [0.15, 0.2) is 0 Å². The van der Waals surface area contributed by atoms with Crippen LogP contribution in [0.25, 0.3) is 22.5 Å². The average Bonchev–Trinajstić information content (AvgIpc) is 2.85. The maximum atomic E-state index is 12.9. The van der Waals surface area contributed by atoms with Crippen LogP contribution in [0.2, 0.25) is 0 Å². The molecule has 4 aromatic rings. The second-order valence-electron chi connectivity index (χ2n) is 7.83. The van der Waals surface area contributed by atoms with Gasteiger partial charge in [0, 0.05) is 16.7 Å². The summed E-state index contributed by atoms with van der Waals surface area (Å²) in [6, 6.07) is 27.2. The quantitative estimate of drug-likeness (QED) is 0.307. The minimum absolute atomic E-state index is 0.302. The van der Waals surface area contributed by atoms with Crippen LogP contribution in [-0.2, 0) is 0 Å². The predicted molar refractivity (Wildman–Crippen MR) is 133 cm³/mol. The number of ether oxygens (including phenoxy) is 1. The molecule has 0 unspecified atom stereocenters. The Morgan fingerprint density at radius 1 is 0.818 bits per heavy atom. The molecule has 0 atom stereocenters. The van der Waals surface area contributed by atoms with Crippen molar-refractivity contribution in [1.82, 2.24) is 10.4 Å². The van der Waals surface area contributed by atoms with Gasteiger partial charge in [-0.15, -0.1) is 0 Å². The van der Waals surface area contributed by atoms with Crippen LogP contribution >= 0.6 is 0 Å². The van der Waals surface area contributed by atoms with E-state index < -0.39 is 0 Å². The molecule has 1 heterocycles. The van der Waals surface area contributed by atoms with Crippen molar-refractivity contribution in [2.75, 3.05) is 7.11 Å². The number of hydrazone groups is 1. The number of pyridine rings is 1. The molecule has 1 aromatic heterocycles. The second-order valence-corrected chi connectivity index (χ2v) is 7.83. The summed E-state index contributed by atoms with van der Waals surface area (Å²) in [7, 11) is 1.62. The SMILES string of the molecule is COc1ccc(/C=N/NC(=O)c2cc(-c3ccc(C)cc3)nc(-c3ccc(C)cc3)c2)cc1. The van der Waals surface area contributed by atoms with E-state index in [4.69, 9.17) is 9.72 Å². The zero-order chi connectivity index (χ0) is 23.2. The third-order valence-corrected chi connectivity index (χ3v) is 5.28. The van der Waals surface area contributed by atoms with Crippen molar-refractivity contribution in [1.29, 1.82) is 0 Å². The Morgan fingerprint density at radius 2 is 1.33 bits per heavy atom. The van der Waals surface area contributed by atoms with Crippen molar-refractivity contribution in [3.63, 3.8) is 0 Å². The second kappa shape index (κ2) is 9.92. The third-order valence-electron chi connectivity index (χ3n) is 5.28. The van der Waals surface area contributed by atoms with Crippen LogP contribution < -0.4 is 10.2 Å². The summed E-state index contributed by atoms with van der Waals surface area (Å²) >= 11 is 0. The highest BCUT2D eigenvalue weighted by Crippen LogP contribution is 2.25. The summed E-state index contributed by atoms with van der Waals surface area (Å²) in [6.07, 6.45) is 1.60. The predicted octanol–water partition coefficient (Wildman–Crippen LogP) is 5.80. The molecule has 0 fully saturated rings. The Morgan fingerprint density at radius 3 is 1.82 bits per heavy atom. The lowest BCUT2D eigenvalue weighted by Crippen LogP contribution is -2.18. The lowest BCUT2D eigenvalue weighted by molar-refractivity contribution is 0.0955. The molecule has 5 nitrogen and oxygen atoms in total. The first-order valence-electron chi connectivity index (χ1n) is 10.7. The first kappa shape index (κ1) is 22.0. The zero-order valence-corrected chi connectivity index (χ0v) is 18.9. The Balaban J connectivity index is 1.63. The number of rotatable bonds is 6. The van der Waals surface area contributed by atoms with Crippen LogP contribution in [0.5, 0.6) is 5.75 Å². The van der Waals surface area contributed by atoms with Crippen LogP contribution in [0.3, 0.4) is 0 Å². The molecule has 0 aliphatic heterocycles. The zero-order valence-electron chi connectivity index (χ0n) is 18.9. The fourth-order valence-electron chi connectivity index (χ4n) is 3.33. The van der Waals surface area contributed by atoms with Crippen molar-refractivity contribution in [2.24, 2.45) is 5.10 Å². The molecule has 33 heavy (non-hydrogen) atoms. The van der Waals surface area contributed by atoms with Crippen molar-refractivity contribution in [3.8, 4) is 28.3 Å². The number of carbonyl (C=O) groups is 1. The van der Waals surface area contributed by atoms with Gasteiger partial charge >= 0.3 is 0 Å². The van der Waals surface area contributed by atoms with Crippen LogP contribution in [0.4, 0.5) is 0 Å². The van der Waals surface area contributed by atoms with Crippen LogP contribution in [-0.4, -0.2) is 24.2 Å². The molecule has 0 radical (unpaired) electrons. The molecule has 0 aliphatic rings. The number of aryl methyl sites for hydroxylation is 2. The maximum absolute atomic E-state index is 12.9. The molecular formula is C28H25N3O2. The maximum Gasteiger partial charge on any atom is 0.271 e. The van der Waals surface area contributed by atoms with E-state index in [9.17, 15) is 4.79 Å². The third kappa shape index (κ3) is 5.52. The van der Waals surface area contributed by atoms with E-state index >= 15 is 0 Å². The van der Waals surface area contributed by atoms with Gasteiger partial charge < -0.3 is 4.74 Å². The highest BCUT2D eigenvalue weighted by molar-refractivity contribution is 5.97. The fraction of sp³-hybridized carbons (Fsp3) is 0.107. The average molecular weight is 436 g/mol. The minimum atomic E-state index is -0.302. The number of amides is 1. The summed E-state index contributed by atoms with van der Waals surface area (Å²) in [4.78, 5) is 17.8. The van der Waals surface area contributed by atoms with E-state index in [1.54, 1.807) is 25.5 Å². The first-order valence-corrected chi connectivity index (χ1v) is 10.7. The Hall–Kier alpha value is -4.25. The van der Waals surface area contributed by atoms with Crippen molar-refractivity contribution in [3.05, 3.63) is 107 Å². The van der Waals surface area contributed by atoms with Crippen molar-refractivity contribution >= 4 is 12.1 Å². The number of nitrogens with one attached hydrogen (secondary N) is 1. The minimum Gasteiger partial charge on any atom is -0.497 e. The van der Waals surface area contributed by atoms with Crippen LogP contribution in [0, 0.1) is 13.8 Å². The molecule has 4 rings (SSSR count). The molecule has 3 aromatic carbocycles. The van der Waals surface area contributed by atoms with E-state index in [1.165, 1.54) is 11.1 Å². The van der Waals surface area contributed by atoms with Crippen LogP contribution in [0.1, 0.15) is 27.0 Å². The molecule has 0 bridgehead atoms. The molecule has 0 saturated heterocycles. The summed E-state index contributed by atoms with van der Waals surface area (Å²) in [5, 5.41) is 4.12. The first-order chi connectivity index (χ1) is 16.0. The Kier molecular flexibility index (Phi) is 6.60. The highest BCUT2D eigenvalue weighted by Gasteiger charge is 2.12. The monoisotopic (exact) mass is 435 g/mol. The standard InChI is InChI=1S/C28H25N3O2/c1-19-4-10-22(11-5-19)26-16-24(17-27(30-26)23-12-6-20(2)7-13-23)28(32)31-29-18-21-8-14-25(33-3)15-9-21/h4-18H,1-3H3,(H,31,32)/b29-18+. The van der Waals surface area contributed by atoms with E-state index in [0.717, 1.165) is 33.8 Å². The van der Waals surface area contributed by atoms with Gasteiger partial charge in [-0.2, -0.15) is 5.10 Å². The topological polar surface area (TPSA) is 63.6 Å². The van der Waals surface area contributed by atoms with E-state index in [2.05, 4.69) is 10.5 Å². The number of carbonyl (C=O) groups excluding carboxylic acids is 1. The van der Waals surface area contributed by atoms with Gasteiger partial charge in [0.2, 0.25) is 0 Å². The van der Waals surface area contributed by atoms with Gasteiger partial charge in [-0.1, -0.05) is 59.7 Å². The smallest absolute Gasteiger partial charge is 0.271 e. The molecule has 1 amide bonds. The van der Waals surface area contributed by atoms with Gasteiger partial charge in [-0.3, -0.25) is 4.79 Å².